The van der Waals surface area contributed by atoms with Crippen LogP contribution in [0, 0.1) is 13.8 Å². The summed E-state index contributed by atoms with van der Waals surface area (Å²) in [5.41, 5.74) is 4.84. The number of carbonyl (C=O) groups is 1. The Kier molecular flexibility index (Phi) is 3.86. The molecule has 0 unspecified atom stereocenters. The summed E-state index contributed by atoms with van der Waals surface area (Å²) < 4.78 is 1.74. The average Bonchev–Trinajstić information content (AvgIpc) is 2.88. The van der Waals surface area contributed by atoms with E-state index in [0.717, 1.165) is 17.1 Å². The van der Waals surface area contributed by atoms with Gasteiger partial charge >= 0.3 is 0 Å². The van der Waals surface area contributed by atoms with Crippen LogP contribution in [0.3, 0.4) is 0 Å². The van der Waals surface area contributed by atoms with E-state index in [1.54, 1.807) is 10.6 Å². The second kappa shape index (κ2) is 5.83. The smallest absolute Gasteiger partial charge is 0.274 e. The quantitative estimate of drug-likeness (QED) is 0.802. The summed E-state index contributed by atoms with van der Waals surface area (Å²) in [4.78, 5) is 16.8. The number of carbonyl (C=O) groups excluding carboxylic acids is 1. The molecule has 0 aliphatic heterocycles. The van der Waals surface area contributed by atoms with Gasteiger partial charge < -0.3 is 5.32 Å². The van der Waals surface area contributed by atoms with Gasteiger partial charge in [0.05, 0.1) is 5.69 Å². The summed E-state index contributed by atoms with van der Waals surface area (Å²) in [6.07, 6.45) is 0. The highest BCUT2D eigenvalue weighted by molar-refractivity contribution is 6.03. The van der Waals surface area contributed by atoms with E-state index in [0.29, 0.717) is 17.3 Å². The summed E-state index contributed by atoms with van der Waals surface area (Å²) >= 11 is 0. The number of hydrogen-bond donors (Lipinski definition) is 1. The molecule has 0 fully saturated rings. The fraction of sp³-hybridized carbons (Fsp3) is 0.278. The van der Waals surface area contributed by atoms with Crippen LogP contribution in [0.15, 0.2) is 36.4 Å². The van der Waals surface area contributed by atoms with Crippen LogP contribution < -0.4 is 5.32 Å². The summed E-state index contributed by atoms with van der Waals surface area (Å²) in [5, 5.41) is 7.24. The van der Waals surface area contributed by atoms with Crippen LogP contribution in [0.1, 0.15) is 47.2 Å². The lowest BCUT2D eigenvalue weighted by Crippen LogP contribution is -2.15. The number of fused-ring (bicyclic) bond motifs is 1. The van der Waals surface area contributed by atoms with Crippen molar-refractivity contribution in [3.8, 4) is 0 Å². The second-order valence-electron chi connectivity index (χ2n) is 6.07. The van der Waals surface area contributed by atoms with E-state index >= 15 is 0 Å². The van der Waals surface area contributed by atoms with Gasteiger partial charge in [0.2, 0.25) is 0 Å². The molecule has 2 heterocycles. The lowest BCUT2D eigenvalue weighted by atomic mass is 10.0. The van der Waals surface area contributed by atoms with Crippen LogP contribution in [-0.2, 0) is 0 Å². The van der Waals surface area contributed by atoms with Crippen molar-refractivity contribution in [1.82, 2.24) is 14.6 Å². The van der Waals surface area contributed by atoms with Crippen molar-refractivity contribution < 1.29 is 4.79 Å². The van der Waals surface area contributed by atoms with Gasteiger partial charge in [-0.05, 0) is 43.5 Å². The Labute approximate surface area is 135 Å². The Morgan fingerprint density at radius 3 is 2.48 bits per heavy atom. The van der Waals surface area contributed by atoms with E-state index in [1.165, 1.54) is 5.56 Å². The number of hydrogen-bond acceptors (Lipinski definition) is 3. The van der Waals surface area contributed by atoms with Gasteiger partial charge in [-0.15, -0.1) is 0 Å². The zero-order chi connectivity index (χ0) is 16.6. The van der Waals surface area contributed by atoms with Gasteiger partial charge in [-0.25, -0.2) is 9.50 Å². The Morgan fingerprint density at radius 1 is 1.13 bits per heavy atom. The Bertz CT molecular complexity index is 863. The molecule has 3 rings (SSSR count). The predicted octanol–water partition coefficient (Wildman–Crippen LogP) is 3.72. The molecular formula is C18H20N4O. The Morgan fingerprint density at radius 2 is 1.83 bits per heavy atom. The first kappa shape index (κ1) is 15.2. The van der Waals surface area contributed by atoms with Crippen molar-refractivity contribution in [3.05, 3.63) is 59.0 Å². The number of amides is 1. The third kappa shape index (κ3) is 3.08. The van der Waals surface area contributed by atoms with Crippen molar-refractivity contribution in [3.63, 3.8) is 0 Å². The van der Waals surface area contributed by atoms with Gasteiger partial charge in [0.1, 0.15) is 5.69 Å². The van der Waals surface area contributed by atoms with Crippen molar-refractivity contribution in [2.24, 2.45) is 0 Å². The van der Waals surface area contributed by atoms with Crippen LogP contribution in [-0.4, -0.2) is 20.5 Å². The molecule has 0 spiro atoms. The molecule has 1 aromatic carbocycles. The van der Waals surface area contributed by atoms with E-state index in [-0.39, 0.29) is 5.91 Å². The monoisotopic (exact) mass is 308 g/mol. The first-order valence-electron chi connectivity index (χ1n) is 7.69. The molecule has 0 saturated carbocycles. The maximum Gasteiger partial charge on any atom is 0.274 e. The normalized spacial score (nSPS) is 11.2. The lowest BCUT2D eigenvalue weighted by Gasteiger charge is -2.09. The van der Waals surface area contributed by atoms with Gasteiger partial charge in [0.15, 0.2) is 5.65 Å². The van der Waals surface area contributed by atoms with Gasteiger partial charge in [-0.2, -0.15) is 5.10 Å². The van der Waals surface area contributed by atoms with E-state index < -0.39 is 0 Å². The summed E-state index contributed by atoms with van der Waals surface area (Å²) in [5.74, 6) is 0.253. The fourth-order valence-electron chi connectivity index (χ4n) is 2.50. The van der Waals surface area contributed by atoms with E-state index in [4.69, 9.17) is 0 Å². The highest BCUT2D eigenvalue weighted by Gasteiger charge is 2.12. The number of nitrogens with one attached hydrogen (secondary N) is 1. The van der Waals surface area contributed by atoms with E-state index in [2.05, 4.69) is 29.2 Å². The van der Waals surface area contributed by atoms with Gasteiger partial charge in [0, 0.05) is 17.4 Å². The predicted molar refractivity (Wildman–Crippen MR) is 90.9 cm³/mol. The number of benzene rings is 1. The van der Waals surface area contributed by atoms with Crippen LogP contribution >= 0.6 is 0 Å². The molecule has 0 saturated heterocycles. The van der Waals surface area contributed by atoms with E-state index in [1.807, 2.05) is 44.2 Å². The molecule has 1 N–H and O–H groups in total. The molecule has 3 aromatic rings. The van der Waals surface area contributed by atoms with Gasteiger partial charge in [0.25, 0.3) is 5.91 Å². The molecule has 5 nitrogen and oxygen atoms in total. The molecule has 0 atom stereocenters. The zero-order valence-electron chi connectivity index (χ0n) is 13.8. The second-order valence-corrected chi connectivity index (χ2v) is 6.07. The maximum atomic E-state index is 12.4. The third-order valence-corrected chi connectivity index (χ3v) is 3.80. The Balaban J connectivity index is 1.85. The number of rotatable bonds is 3. The van der Waals surface area contributed by atoms with Gasteiger partial charge in [-0.3, -0.25) is 4.79 Å². The lowest BCUT2D eigenvalue weighted by molar-refractivity contribution is 0.102. The minimum Gasteiger partial charge on any atom is -0.321 e. The molecule has 118 valence electrons. The number of nitrogens with zero attached hydrogens (tertiary/aromatic N) is 3. The molecule has 23 heavy (non-hydrogen) atoms. The van der Waals surface area contributed by atoms with E-state index in [9.17, 15) is 4.79 Å². The summed E-state index contributed by atoms with van der Waals surface area (Å²) in [6.45, 7) is 8.10. The molecule has 0 aliphatic rings. The largest absolute Gasteiger partial charge is 0.321 e. The average molecular weight is 308 g/mol. The minimum absolute atomic E-state index is 0.216. The fourth-order valence-corrected chi connectivity index (χ4v) is 2.50. The minimum atomic E-state index is -0.216. The number of aryl methyl sites for hydroxylation is 2. The number of aromatic nitrogens is 3. The molecule has 0 aliphatic carbocycles. The molecule has 0 bridgehead atoms. The van der Waals surface area contributed by atoms with Crippen molar-refractivity contribution in [1.29, 1.82) is 0 Å². The van der Waals surface area contributed by atoms with Crippen LogP contribution in [0.25, 0.3) is 5.65 Å². The first-order valence-corrected chi connectivity index (χ1v) is 7.69. The number of anilines is 1. The summed E-state index contributed by atoms with van der Waals surface area (Å²) in [7, 11) is 0. The first-order chi connectivity index (χ1) is 10.9. The van der Waals surface area contributed by atoms with Crippen LogP contribution in [0.4, 0.5) is 5.69 Å². The van der Waals surface area contributed by atoms with Crippen LogP contribution in [0.2, 0.25) is 0 Å². The third-order valence-electron chi connectivity index (χ3n) is 3.80. The molecule has 0 radical (unpaired) electrons. The standard InChI is InChI=1S/C18H20N4O/c1-11(2)14-5-7-15(8-6-14)19-18(23)16-10-13(4)22-17(20-16)9-12(3)21-22/h5-11H,1-4H3,(H,19,23). The molecular weight excluding hydrogens is 288 g/mol. The van der Waals surface area contributed by atoms with Crippen molar-refractivity contribution in [2.75, 3.05) is 5.32 Å². The van der Waals surface area contributed by atoms with Gasteiger partial charge in [-0.1, -0.05) is 26.0 Å². The molecule has 1 amide bonds. The van der Waals surface area contributed by atoms with Crippen LogP contribution in [0.5, 0.6) is 0 Å². The van der Waals surface area contributed by atoms with Crippen molar-refractivity contribution in [2.45, 2.75) is 33.6 Å². The summed E-state index contributed by atoms with van der Waals surface area (Å²) in [6, 6.07) is 11.5. The topological polar surface area (TPSA) is 59.3 Å². The molecule has 5 heteroatoms. The zero-order valence-corrected chi connectivity index (χ0v) is 13.8. The SMILES string of the molecule is Cc1cc2nc(C(=O)Nc3ccc(C(C)C)cc3)cc(C)n2n1. The highest BCUT2D eigenvalue weighted by atomic mass is 16.1. The Hall–Kier alpha value is -2.69. The van der Waals surface area contributed by atoms with Crippen molar-refractivity contribution >= 4 is 17.2 Å². The molecule has 2 aromatic heterocycles. The highest BCUT2D eigenvalue weighted by Crippen LogP contribution is 2.18. The maximum absolute atomic E-state index is 12.4.